The highest BCUT2D eigenvalue weighted by Gasteiger charge is 2.06. The lowest BCUT2D eigenvalue weighted by atomic mass is 10.1. The van der Waals surface area contributed by atoms with Gasteiger partial charge >= 0.3 is 0 Å². The molecule has 0 amide bonds. The molecule has 1 aromatic heterocycles. The number of hydrogen-bond donors (Lipinski definition) is 2. The van der Waals surface area contributed by atoms with Crippen molar-refractivity contribution in [2.75, 3.05) is 6.54 Å². The predicted molar refractivity (Wildman–Crippen MR) is 59.3 cm³/mol. The monoisotopic (exact) mass is 195 g/mol. The number of nitrogens with zero attached hydrogens (tertiary/aromatic N) is 1. The van der Waals surface area contributed by atoms with Crippen molar-refractivity contribution < 1.29 is 0 Å². The Morgan fingerprint density at radius 3 is 2.93 bits per heavy atom. The highest BCUT2D eigenvalue weighted by molar-refractivity contribution is 5.04. The van der Waals surface area contributed by atoms with E-state index in [0.717, 1.165) is 25.3 Å². The van der Waals surface area contributed by atoms with E-state index in [4.69, 9.17) is 0 Å². The summed E-state index contributed by atoms with van der Waals surface area (Å²) in [6.07, 6.45) is 4.24. The fourth-order valence-corrected chi connectivity index (χ4v) is 1.31. The second kappa shape index (κ2) is 5.81. The van der Waals surface area contributed by atoms with E-state index in [1.165, 1.54) is 12.1 Å². The fourth-order valence-electron chi connectivity index (χ4n) is 1.31. The maximum atomic E-state index is 4.37. The number of aromatic nitrogens is 2. The van der Waals surface area contributed by atoms with Gasteiger partial charge in [0.2, 0.25) is 0 Å². The molecule has 3 nitrogen and oxygen atoms in total. The van der Waals surface area contributed by atoms with E-state index in [-0.39, 0.29) is 0 Å². The predicted octanol–water partition coefficient (Wildman–Crippen LogP) is 2.42. The molecule has 0 fully saturated rings. The highest BCUT2D eigenvalue weighted by atomic mass is 15.0. The first-order valence-electron chi connectivity index (χ1n) is 5.52. The van der Waals surface area contributed by atoms with Crippen molar-refractivity contribution >= 4 is 0 Å². The smallest absolute Gasteiger partial charge is 0.109 e. The summed E-state index contributed by atoms with van der Waals surface area (Å²) in [5.41, 5.74) is 1.19. The van der Waals surface area contributed by atoms with Crippen molar-refractivity contribution in [3.05, 3.63) is 17.7 Å². The van der Waals surface area contributed by atoms with Crippen molar-refractivity contribution in [3.63, 3.8) is 0 Å². The van der Waals surface area contributed by atoms with Crippen molar-refractivity contribution in [2.45, 2.75) is 46.1 Å². The third-order valence-corrected chi connectivity index (χ3v) is 2.47. The first-order chi connectivity index (χ1) is 6.77. The van der Waals surface area contributed by atoms with E-state index in [2.05, 4.69) is 36.1 Å². The Hall–Kier alpha value is -0.830. The second-order valence-corrected chi connectivity index (χ2v) is 3.78. The Balaban J connectivity index is 2.42. The van der Waals surface area contributed by atoms with Crippen molar-refractivity contribution in [1.29, 1.82) is 0 Å². The van der Waals surface area contributed by atoms with E-state index >= 15 is 0 Å². The van der Waals surface area contributed by atoms with Gasteiger partial charge in [-0.15, -0.1) is 0 Å². The molecule has 1 aromatic rings. The molecule has 3 heteroatoms. The van der Waals surface area contributed by atoms with E-state index in [0.29, 0.717) is 5.92 Å². The summed E-state index contributed by atoms with van der Waals surface area (Å²) < 4.78 is 0. The van der Waals surface area contributed by atoms with Crippen LogP contribution >= 0.6 is 0 Å². The van der Waals surface area contributed by atoms with Gasteiger partial charge in [0, 0.05) is 24.4 Å². The van der Waals surface area contributed by atoms with Crippen LogP contribution in [0.15, 0.2) is 6.20 Å². The molecule has 1 heterocycles. The van der Waals surface area contributed by atoms with Gasteiger partial charge < -0.3 is 10.3 Å². The number of rotatable bonds is 6. The zero-order valence-electron chi connectivity index (χ0n) is 9.43. The molecule has 0 aromatic carbocycles. The van der Waals surface area contributed by atoms with E-state index in [1.807, 2.05) is 6.20 Å². The maximum Gasteiger partial charge on any atom is 0.109 e. The first-order valence-corrected chi connectivity index (χ1v) is 5.52. The molecule has 0 saturated carbocycles. The van der Waals surface area contributed by atoms with Crippen molar-refractivity contribution in [3.8, 4) is 0 Å². The average molecular weight is 195 g/mol. The van der Waals surface area contributed by atoms with Gasteiger partial charge in [-0.05, 0) is 19.4 Å². The molecule has 2 N–H and O–H groups in total. The molecule has 1 rings (SSSR count). The molecular weight excluding hydrogens is 174 g/mol. The zero-order chi connectivity index (χ0) is 10.4. The Morgan fingerprint density at radius 1 is 1.50 bits per heavy atom. The Labute approximate surface area is 86.3 Å². The SMILES string of the molecule is CCCNCc1cnc(C(C)CC)[nH]1. The van der Waals surface area contributed by atoms with Crippen LogP contribution in [0.25, 0.3) is 0 Å². The summed E-state index contributed by atoms with van der Waals surface area (Å²) in [6, 6.07) is 0. The zero-order valence-corrected chi connectivity index (χ0v) is 9.43. The summed E-state index contributed by atoms with van der Waals surface area (Å²) in [5, 5.41) is 3.35. The standard InChI is InChI=1S/C11H21N3/c1-4-6-12-7-10-8-13-11(14-10)9(3)5-2/h8-9,12H,4-7H2,1-3H3,(H,13,14). The van der Waals surface area contributed by atoms with Crippen molar-refractivity contribution in [1.82, 2.24) is 15.3 Å². The summed E-state index contributed by atoms with van der Waals surface area (Å²) in [7, 11) is 0. The Kier molecular flexibility index (Phi) is 4.66. The Bertz CT molecular complexity index is 255. The number of nitrogens with one attached hydrogen (secondary N) is 2. The quantitative estimate of drug-likeness (QED) is 0.684. The lowest BCUT2D eigenvalue weighted by Gasteiger charge is -2.03. The largest absolute Gasteiger partial charge is 0.345 e. The molecule has 0 radical (unpaired) electrons. The highest BCUT2D eigenvalue weighted by Crippen LogP contribution is 2.14. The lowest BCUT2D eigenvalue weighted by molar-refractivity contribution is 0.655. The molecule has 0 aliphatic heterocycles. The summed E-state index contributed by atoms with van der Waals surface area (Å²) in [5.74, 6) is 1.65. The minimum Gasteiger partial charge on any atom is -0.345 e. The fraction of sp³-hybridized carbons (Fsp3) is 0.727. The number of aromatic amines is 1. The van der Waals surface area contributed by atoms with Crippen LogP contribution in [0.3, 0.4) is 0 Å². The number of hydrogen-bond acceptors (Lipinski definition) is 2. The van der Waals surface area contributed by atoms with Gasteiger partial charge in [-0.1, -0.05) is 20.8 Å². The Morgan fingerprint density at radius 2 is 2.29 bits per heavy atom. The normalized spacial score (nSPS) is 13.1. The van der Waals surface area contributed by atoms with Gasteiger partial charge in [-0.25, -0.2) is 4.98 Å². The van der Waals surface area contributed by atoms with Gasteiger partial charge in [0.1, 0.15) is 5.82 Å². The van der Waals surface area contributed by atoms with Crippen LogP contribution in [0.5, 0.6) is 0 Å². The van der Waals surface area contributed by atoms with Gasteiger partial charge in [0.15, 0.2) is 0 Å². The number of H-pyrrole nitrogens is 1. The van der Waals surface area contributed by atoms with Crippen LogP contribution in [-0.4, -0.2) is 16.5 Å². The summed E-state index contributed by atoms with van der Waals surface area (Å²) >= 11 is 0. The van der Waals surface area contributed by atoms with Gasteiger partial charge in [0.25, 0.3) is 0 Å². The van der Waals surface area contributed by atoms with E-state index in [1.54, 1.807) is 0 Å². The van der Waals surface area contributed by atoms with Gasteiger partial charge in [0.05, 0.1) is 0 Å². The molecule has 1 atom stereocenters. The molecular formula is C11H21N3. The van der Waals surface area contributed by atoms with Crippen LogP contribution in [0.2, 0.25) is 0 Å². The maximum absolute atomic E-state index is 4.37. The van der Waals surface area contributed by atoms with E-state index < -0.39 is 0 Å². The molecule has 0 aliphatic rings. The number of imidazole rings is 1. The van der Waals surface area contributed by atoms with Crippen LogP contribution in [0.1, 0.15) is 51.0 Å². The summed E-state index contributed by atoms with van der Waals surface area (Å²) in [4.78, 5) is 7.72. The van der Waals surface area contributed by atoms with Gasteiger partial charge in [-0.2, -0.15) is 0 Å². The molecule has 0 aliphatic carbocycles. The molecule has 0 bridgehead atoms. The van der Waals surface area contributed by atoms with Crippen LogP contribution in [0, 0.1) is 0 Å². The molecule has 14 heavy (non-hydrogen) atoms. The molecule has 80 valence electrons. The van der Waals surface area contributed by atoms with Gasteiger partial charge in [-0.3, -0.25) is 0 Å². The first kappa shape index (κ1) is 11.2. The lowest BCUT2D eigenvalue weighted by Crippen LogP contribution is -2.14. The summed E-state index contributed by atoms with van der Waals surface area (Å²) in [6.45, 7) is 8.52. The van der Waals surface area contributed by atoms with E-state index in [9.17, 15) is 0 Å². The van der Waals surface area contributed by atoms with Crippen LogP contribution in [0.4, 0.5) is 0 Å². The third kappa shape index (κ3) is 3.14. The molecule has 1 unspecified atom stereocenters. The third-order valence-electron chi connectivity index (χ3n) is 2.47. The average Bonchev–Trinajstić information content (AvgIpc) is 2.66. The molecule has 0 spiro atoms. The van der Waals surface area contributed by atoms with Crippen molar-refractivity contribution in [2.24, 2.45) is 0 Å². The molecule has 0 saturated heterocycles. The topological polar surface area (TPSA) is 40.7 Å². The second-order valence-electron chi connectivity index (χ2n) is 3.78. The minimum absolute atomic E-state index is 0.537. The minimum atomic E-state index is 0.537. The van der Waals surface area contributed by atoms with Crippen LogP contribution in [-0.2, 0) is 6.54 Å². The van der Waals surface area contributed by atoms with Crippen LogP contribution < -0.4 is 5.32 Å².